The summed E-state index contributed by atoms with van der Waals surface area (Å²) in [5.74, 6) is -0.219. The SMILES string of the molecule is Cc1ccc(F)c(C=NC(C)(C)C)c1. The standard InChI is InChI=1S/C12H16FN/c1-9-5-6-11(13)10(7-9)8-14-12(2,3)4/h5-8H,1-4H3. The van der Waals surface area contributed by atoms with E-state index in [1.165, 1.54) is 6.07 Å². The van der Waals surface area contributed by atoms with E-state index in [2.05, 4.69) is 4.99 Å². The zero-order valence-electron chi connectivity index (χ0n) is 9.13. The van der Waals surface area contributed by atoms with Crippen molar-refractivity contribution in [2.24, 2.45) is 4.99 Å². The molecule has 0 radical (unpaired) electrons. The molecule has 0 N–H and O–H groups in total. The predicted molar refractivity (Wildman–Crippen MR) is 58.5 cm³/mol. The number of halogens is 1. The quantitative estimate of drug-likeness (QED) is 0.606. The lowest BCUT2D eigenvalue weighted by atomic mass is 10.1. The van der Waals surface area contributed by atoms with Gasteiger partial charge < -0.3 is 0 Å². The molecule has 2 heteroatoms. The molecule has 0 saturated heterocycles. The van der Waals surface area contributed by atoms with E-state index in [1.807, 2.05) is 27.7 Å². The molecule has 0 saturated carbocycles. The van der Waals surface area contributed by atoms with Crippen molar-refractivity contribution in [2.45, 2.75) is 33.2 Å². The van der Waals surface area contributed by atoms with E-state index >= 15 is 0 Å². The molecule has 0 bridgehead atoms. The normalized spacial score (nSPS) is 12.4. The Morgan fingerprint density at radius 1 is 1.29 bits per heavy atom. The van der Waals surface area contributed by atoms with Crippen molar-refractivity contribution in [3.63, 3.8) is 0 Å². The second-order valence-corrected chi connectivity index (χ2v) is 4.45. The summed E-state index contributed by atoms with van der Waals surface area (Å²) in [6.45, 7) is 7.89. The van der Waals surface area contributed by atoms with E-state index in [-0.39, 0.29) is 11.4 Å². The number of nitrogens with zero attached hydrogens (tertiary/aromatic N) is 1. The molecule has 0 aliphatic heterocycles. The van der Waals surface area contributed by atoms with Gasteiger partial charge in [0.15, 0.2) is 0 Å². The van der Waals surface area contributed by atoms with Crippen molar-refractivity contribution in [3.05, 3.63) is 35.1 Å². The van der Waals surface area contributed by atoms with Crippen LogP contribution in [0.5, 0.6) is 0 Å². The number of hydrogen-bond donors (Lipinski definition) is 0. The summed E-state index contributed by atoms with van der Waals surface area (Å²) >= 11 is 0. The van der Waals surface area contributed by atoms with E-state index < -0.39 is 0 Å². The van der Waals surface area contributed by atoms with Gasteiger partial charge in [0.05, 0.1) is 5.54 Å². The Labute approximate surface area is 84.7 Å². The summed E-state index contributed by atoms with van der Waals surface area (Å²) < 4.78 is 13.3. The molecule has 1 aromatic carbocycles. The molecule has 0 amide bonds. The minimum absolute atomic E-state index is 0.157. The van der Waals surface area contributed by atoms with Crippen molar-refractivity contribution in [3.8, 4) is 0 Å². The zero-order valence-corrected chi connectivity index (χ0v) is 9.13. The molecule has 0 spiro atoms. The second kappa shape index (κ2) is 3.91. The van der Waals surface area contributed by atoms with Crippen LogP contribution in [0, 0.1) is 12.7 Å². The average molecular weight is 193 g/mol. The van der Waals surface area contributed by atoms with Crippen LogP contribution in [0.3, 0.4) is 0 Å². The molecule has 1 nitrogen and oxygen atoms in total. The Balaban J connectivity index is 2.97. The van der Waals surface area contributed by atoms with Gasteiger partial charge in [0.2, 0.25) is 0 Å². The first-order chi connectivity index (χ1) is 6.38. The molecule has 0 atom stereocenters. The van der Waals surface area contributed by atoms with Gasteiger partial charge in [0.1, 0.15) is 5.82 Å². The minimum atomic E-state index is -0.219. The monoisotopic (exact) mass is 193 g/mol. The highest BCUT2D eigenvalue weighted by molar-refractivity contribution is 5.80. The van der Waals surface area contributed by atoms with Crippen LogP contribution in [-0.2, 0) is 0 Å². The van der Waals surface area contributed by atoms with Gasteiger partial charge >= 0.3 is 0 Å². The van der Waals surface area contributed by atoms with Gasteiger partial charge in [-0.05, 0) is 39.8 Å². The second-order valence-electron chi connectivity index (χ2n) is 4.45. The third-order valence-corrected chi connectivity index (χ3v) is 1.74. The van der Waals surface area contributed by atoms with Crippen LogP contribution in [0.4, 0.5) is 4.39 Å². The molecular weight excluding hydrogens is 177 g/mol. The van der Waals surface area contributed by atoms with Gasteiger partial charge in [-0.25, -0.2) is 4.39 Å². The predicted octanol–water partition coefficient (Wildman–Crippen LogP) is 3.35. The zero-order chi connectivity index (χ0) is 10.8. The molecular formula is C12H16FN. The van der Waals surface area contributed by atoms with E-state index in [1.54, 1.807) is 18.3 Å². The van der Waals surface area contributed by atoms with E-state index in [9.17, 15) is 4.39 Å². The summed E-state index contributed by atoms with van der Waals surface area (Å²) in [7, 11) is 0. The maximum Gasteiger partial charge on any atom is 0.131 e. The molecule has 0 aliphatic rings. The van der Waals surface area contributed by atoms with E-state index in [0.29, 0.717) is 5.56 Å². The Morgan fingerprint density at radius 3 is 2.50 bits per heavy atom. The largest absolute Gasteiger partial charge is 0.287 e. The van der Waals surface area contributed by atoms with Crippen LogP contribution in [0.25, 0.3) is 0 Å². The van der Waals surface area contributed by atoms with E-state index in [0.717, 1.165) is 5.56 Å². The molecule has 0 fully saturated rings. The van der Waals surface area contributed by atoms with Crippen molar-refractivity contribution in [1.29, 1.82) is 0 Å². The summed E-state index contributed by atoms with van der Waals surface area (Å²) in [6.07, 6.45) is 1.60. The molecule has 1 aromatic rings. The van der Waals surface area contributed by atoms with Gasteiger partial charge in [0, 0.05) is 11.8 Å². The Kier molecular flexibility index (Phi) is 3.04. The fourth-order valence-electron chi connectivity index (χ4n) is 1.03. The van der Waals surface area contributed by atoms with Crippen molar-refractivity contribution < 1.29 is 4.39 Å². The third kappa shape index (κ3) is 3.29. The highest BCUT2D eigenvalue weighted by Crippen LogP contribution is 2.10. The van der Waals surface area contributed by atoms with Crippen LogP contribution in [-0.4, -0.2) is 11.8 Å². The van der Waals surface area contributed by atoms with Crippen LogP contribution in [0.1, 0.15) is 31.9 Å². The number of hydrogen-bond acceptors (Lipinski definition) is 1. The van der Waals surface area contributed by atoms with Crippen LogP contribution in [0.2, 0.25) is 0 Å². The average Bonchev–Trinajstić information content (AvgIpc) is 2.05. The molecule has 76 valence electrons. The highest BCUT2D eigenvalue weighted by atomic mass is 19.1. The maximum atomic E-state index is 13.3. The fourth-order valence-corrected chi connectivity index (χ4v) is 1.03. The van der Waals surface area contributed by atoms with Crippen molar-refractivity contribution >= 4 is 6.21 Å². The maximum absolute atomic E-state index is 13.3. The topological polar surface area (TPSA) is 12.4 Å². The lowest BCUT2D eigenvalue weighted by Gasteiger charge is -2.11. The molecule has 1 rings (SSSR count). The Morgan fingerprint density at radius 2 is 1.93 bits per heavy atom. The Bertz CT molecular complexity index is 348. The third-order valence-electron chi connectivity index (χ3n) is 1.74. The molecule has 0 unspecified atom stereocenters. The highest BCUT2D eigenvalue weighted by Gasteiger charge is 2.06. The Hall–Kier alpha value is -1.18. The lowest BCUT2D eigenvalue weighted by Crippen LogP contribution is -2.10. The van der Waals surface area contributed by atoms with Crippen LogP contribution < -0.4 is 0 Å². The van der Waals surface area contributed by atoms with Gasteiger partial charge in [-0.15, -0.1) is 0 Å². The minimum Gasteiger partial charge on any atom is -0.287 e. The number of benzene rings is 1. The van der Waals surface area contributed by atoms with Gasteiger partial charge in [-0.2, -0.15) is 0 Å². The van der Waals surface area contributed by atoms with Gasteiger partial charge in [-0.1, -0.05) is 11.6 Å². The lowest BCUT2D eigenvalue weighted by molar-refractivity contribution is 0.585. The summed E-state index contributed by atoms with van der Waals surface area (Å²) in [5, 5.41) is 0. The smallest absolute Gasteiger partial charge is 0.131 e. The van der Waals surface area contributed by atoms with Crippen LogP contribution >= 0.6 is 0 Å². The summed E-state index contributed by atoms with van der Waals surface area (Å²) in [4.78, 5) is 4.26. The summed E-state index contributed by atoms with van der Waals surface area (Å²) in [5.41, 5.74) is 1.44. The van der Waals surface area contributed by atoms with Crippen molar-refractivity contribution in [1.82, 2.24) is 0 Å². The molecule has 14 heavy (non-hydrogen) atoms. The number of rotatable bonds is 1. The number of aryl methyl sites for hydroxylation is 1. The molecule has 0 aromatic heterocycles. The van der Waals surface area contributed by atoms with Gasteiger partial charge in [-0.3, -0.25) is 4.99 Å². The number of aliphatic imine (C=N–C) groups is 1. The van der Waals surface area contributed by atoms with Crippen molar-refractivity contribution in [2.75, 3.05) is 0 Å². The first-order valence-corrected chi connectivity index (χ1v) is 4.70. The van der Waals surface area contributed by atoms with Crippen LogP contribution in [0.15, 0.2) is 23.2 Å². The van der Waals surface area contributed by atoms with E-state index in [4.69, 9.17) is 0 Å². The molecule has 0 aliphatic carbocycles. The van der Waals surface area contributed by atoms with Gasteiger partial charge in [0.25, 0.3) is 0 Å². The fraction of sp³-hybridized carbons (Fsp3) is 0.417. The molecule has 0 heterocycles. The first-order valence-electron chi connectivity index (χ1n) is 4.70. The summed E-state index contributed by atoms with van der Waals surface area (Å²) in [6, 6.07) is 5.02. The first kappa shape index (κ1) is 10.9.